The van der Waals surface area contributed by atoms with Gasteiger partial charge >= 0.3 is 0 Å². The highest BCUT2D eigenvalue weighted by atomic mass is 79.9. The van der Waals surface area contributed by atoms with E-state index < -0.39 is 0 Å². The number of nitrogens with one attached hydrogen (secondary N) is 1. The second-order valence-corrected chi connectivity index (χ2v) is 6.23. The molecule has 20 heavy (non-hydrogen) atoms. The fourth-order valence-corrected chi connectivity index (χ4v) is 3.30. The number of anilines is 1. The van der Waals surface area contributed by atoms with Crippen LogP contribution in [-0.2, 0) is 4.79 Å². The molecule has 2 aromatic rings. The first-order chi connectivity index (χ1) is 9.56. The Morgan fingerprint density at radius 1 is 1.25 bits per heavy atom. The minimum atomic E-state index is -0.119. The van der Waals surface area contributed by atoms with Crippen LogP contribution in [0.5, 0.6) is 0 Å². The van der Waals surface area contributed by atoms with Gasteiger partial charge in [0, 0.05) is 20.7 Å². The van der Waals surface area contributed by atoms with E-state index in [1.165, 1.54) is 0 Å². The third-order valence-electron chi connectivity index (χ3n) is 3.19. The Hall–Kier alpha value is -1.46. The number of nitrogens with zero attached hydrogens (tertiary/aromatic N) is 1. The molecule has 0 saturated heterocycles. The number of carbonyl (C=O) groups excluding carboxylic acids is 1. The van der Waals surface area contributed by atoms with Crippen molar-refractivity contribution in [1.82, 2.24) is 4.98 Å². The topological polar surface area (TPSA) is 42.0 Å². The summed E-state index contributed by atoms with van der Waals surface area (Å²) in [5, 5.41) is 2.77. The van der Waals surface area contributed by atoms with E-state index in [-0.39, 0.29) is 5.91 Å². The van der Waals surface area contributed by atoms with E-state index in [1.807, 2.05) is 37.3 Å². The predicted octanol–water partition coefficient (Wildman–Crippen LogP) is 4.41. The summed E-state index contributed by atoms with van der Waals surface area (Å²) < 4.78 is 2.01. The molecule has 0 saturated carbocycles. The summed E-state index contributed by atoms with van der Waals surface area (Å²) in [6, 6.07) is 7.71. The average molecular weight is 394 g/mol. The number of fused-ring (bicyclic) bond motifs is 1. The van der Waals surface area contributed by atoms with E-state index in [9.17, 15) is 4.79 Å². The number of rotatable bonds is 1. The van der Waals surface area contributed by atoms with E-state index >= 15 is 0 Å². The Bertz CT molecular complexity index is 730. The predicted molar refractivity (Wildman–Crippen MR) is 87.3 cm³/mol. The molecular formula is C15H10Br2N2O. The Labute approximate surface area is 133 Å². The molecule has 0 unspecified atom stereocenters. The fourth-order valence-electron chi connectivity index (χ4n) is 2.08. The van der Waals surface area contributed by atoms with Crippen molar-refractivity contribution in [2.24, 2.45) is 0 Å². The van der Waals surface area contributed by atoms with Crippen LogP contribution in [0.15, 0.2) is 39.4 Å². The van der Waals surface area contributed by atoms with Crippen LogP contribution in [0, 0.1) is 6.92 Å². The highest BCUT2D eigenvalue weighted by Gasteiger charge is 2.24. The van der Waals surface area contributed by atoms with Crippen LogP contribution in [-0.4, -0.2) is 10.9 Å². The zero-order valence-corrected chi connectivity index (χ0v) is 13.7. The van der Waals surface area contributed by atoms with Gasteiger partial charge in [-0.2, -0.15) is 0 Å². The van der Waals surface area contributed by atoms with Crippen molar-refractivity contribution in [2.45, 2.75) is 6.92 Å². The van der Waals surface area contributed by atoms with Gasteiger partial charge in [0.15, 0.2) is 0 Å². The molecule has 1 aliphatic rings. The molecule has 1 aromatic heterocycles. The van der Waals surface area contributed by atoms with Gasteiger partial charge in [-0.05, 0) is 48.4 Å². The van der Waals surface area contributed by atoms with Crippen LogP contribution >= 0.6 is 31.9 Å². The van der Waals surface area contributed by atoms with Crippen LogP contribution in [0.4, 0.5) is 5.82 Å². The molecule has 0 fully saturated rings. The Kier molecular flexibility index (Phi) is 3.48. The number of amides is 1. The van der Waals surface area contributed by atoms with Crippen molar-refractivity contribution in [3.63, 3.8) is 0 Å². The van der Waals surface area contributed by atoms with Gasteiger partial charge in [0.2, 0.25) is 0 Å². The van der Waals surface area contributed by atoms with Crippen molar-refractivity contribution in [2.75, 3.05) is 5.32 Å². The molecule has 0 aliphatic carbocycles. The molecule has 1 aliphatic heterocycles. The third-order valence-corrected chi connectivity index (χ3v) is 4.84. The van der Waals surface area contributed by atoms with E-state index in [4.69, 9.17) is 0 Å². The van der Waals surface area contributed by atoms with Gasteiger partial charge in [-0.15, -0.1) is 0 Å². The minimum Gasteiger partial charge on any atom is -0.306 e. The van der Waals surface area contributed by atoms with Gasteiger partial charge in [0.05, 0.1) is 5.57 Å². The molecule has 1 N–H and O–H groups in total. The maximum Gasteiger partial charge on any atom is 0.257 e. The van der Waals surface area contributed by atoms with Crippen molar-refractivity contribution in [3.8, 4) is 0 Å². The molecule has 3 nitrogen and oxygen atoms in total. The summed E-state index contributed by atoms with van der Waals surface area (Å²) >= 11 is 7.04. The van der Waals surface area contributed by atoms with E-state index in [0.29, 0.717) is 11.4 Å². The van der Waals surface area contributed by atoms with Gasteiger partial charge in [-0.25, -0.2) is 4.98 Å². The first-order valence-electron chi connectivity index (χ1n) is 6.00. The summed E-state index contributed by atoms with van der Waals surface area (Å²) in [4.78, 5) is 16.2. The molecule has 5 heteroatoms. The largest absolute Gasteiger partial charge is 0.306 e. The smallest absolute Gasteiger partial charge is 0.257 e. The number of aromatic nitrogens is 1. The van der Waals surface area contributed by atoms with Crippen LogP contribution in [0.25, 0.3) is 11.6 Å². The molecule has 0 spiro atoms. The quantitative estimate of drug-likeness (QED) is 0.729. The molecule has 1 amide bonds. The van der Waals surface area contributed by atoms with Crippen molar-refractivity contribution in [1.29, 1.82) is 0 Å². The van der Waals surface area contributed by atoms with E-state index in [0.717, 1.165) is 25.6 Å². The van der Waals surface area contributed by atoms with E-state index in [1.54, 1.807) is 6.20 Å². The van der Waals surface area contributed by atoms with Gasteiger partial charge in [-0.3, -0.25) is 4.79 Å². The highest BCUT2D eigenvalue weighted by molar-refractivity contribution is 9.11. The monoisotopic (exact) mass is 392 g/mol. The molecule has 1 aromatic carbocycles. The lowest BCUT2D eigenvalue weighted by atomic mass is 10.0. The molecule has 0 atom stereocenters. The molecule has 3 rings (SSSR count). The number of hydrogen-bond donors (Lipinski definition) is 1. The number of hydrogen-bond acceptors (Lipinski definition) is 2. The van der Waals surface area contributed by atoms with Crippen LogP contribution in [0.1, 0.15) is 16.7 Å². The summed E-state index contributed by atoms with van der Waals surface area (Å²) in [6.45, 7) is 2.02. The molecule has 0 radical (unpaired) electrons. The lowest BCUT2D eigenvalue weighted by Crippen LogP contribution is -2.04. The SMILES string of the molecule is Cc1c(Br)cc(C=C2C(=O)Nc3ncccc32)cc1Br. The normalized spacial score (nSPS) is 15.3. The first kappa shape index (κ1) is 13.5. The maximum atomic E-state index is 12.0. The summed E-state index contributed by atoms with van der Waals surface area (Å²) in [7, 11) is 0. The van der Waals surface area contributed by atoms with Gasteiger partial charge in [0.1, 0.15) is 5.82 Å². The zero-order valence-electron chi connectivity index (χ0n) is 10.6. The molecule has 100 valence electrons. The van der Waals surface area contributed by atoms with Gasteiger partial charge in [0.25, 0.3) is 5.91 Å². The number of halogens is 2. The van der Waals surface area contributed by atoms with Crippen LogP contribution in [0.2, 0.25) is 0 Å². The van der Waals surface area contributed by atoms with Crippen LogP contribution in [0.3, 0.4) is 0 Å². The zero-order chi connectivity index (χ0) is 14.3. The second kappa shape index (κ2) is 5.14. The number of pyridine rings is 1. The highest BCUT2D eigenvalue weighted by Crippen LogP contribution is 2.33. The minimum absolute atomic E-state index is 0.119. The van der Waals surface area contributed by atoms with E-state index in [2.05, 4.69) is 42.2 Å². The second-order valence-electron chi connectivity index (χ2n) is 4.52. The molecule has 0 bridgehead atoms. The first-order valence-corrected chi connectivity index (χ1v) is 7.59. The Morgan fingerprint density at radius 2 is 1.95 bits per heavy atom. The van der Waals surface area contributed by atoms with Crippen molar-refractivity contribution >= 4 is 55.2 Å². The Morgan fingerprint density at radius 3 is 2.65 bits per heavy atom. The summed E-state index contributed by atoms with van der Waals surface area (Å²) in [5.41, 5.74) is 3.56. The fraction of sp³-hybridized carbons (Fsp3) is 0.0667. The van der Waals surface area contributed by atoms with Gasteiger partial charge < -0.3 is 5.32 Å². The van der Waals surface area contributed by atoms with Gasteiger partial charge in [-0.1, -0.05) is 31.9 Å². The average Bonchev–Trinajstić information content (AvgIpc) is 2.73. The Balaban J connectivity index is 2.11. The third kappa shape index (κ3) is 2.31. The number of carbonyl (C=O) groups is 1. The van der Waals surface area contributed by atoms with Crippen molar-refractivity contribution in [3.05, 3.63) is 56.1 Å². The summed E-state index contributed by atoms with van der Waals surface area (Å²) in [6.07, 6.45) is 3.54. The standard InChI is InChI=1S/C15H10Br2N2O/c1-8-12(16)6-9(7-13(8)17)5-11-10-3-2-4-18-14(10)19-15(11)20/h2-7H,1H3,(H,18,19,20). The maximum absolute atomic E-state index is 12.0. The molecular weight excluding hydrogens is 384 g/mol. The summed E-state index contributed by atoms with van der Waals surface area (Å²) in [5.74, 6) is 0.500. The molecule has 2 heterocycles. The van der Waals surface area contributed by atoms with Crippen molar-refractivity contribution < 1.29 is 4.79 Å². The lowest BCUT2D eigenvalue weighted by molar-refractivity contribution is -0.110. The van der Waals surface area contributed by atoms with Crippen LogP contribution < -0.4 is 5.32 Å². The number of benzene rings is 1. The lowest BCUT2D eigenvalue weighted by Gasteiger charge is -2.04.